The summed E-state index contributed by atoms with van der Waals surface area (Å²) < 4.78 is 4.26. The Morgan fingerprint density at radius 3 is 2.75 bits per heavy atom. The largest absolute Gasteiger partial charge is 0.378 e. The molecule has 8 heavy (non-hydrogen) atoms. The molecular weight excluding hydrogens is 110 g/mol. The molecular formula is C2H5N5O. The second kappa shape index (κ2) is 1.57. The van der Waals surface area contributed by atoms with Crippen LogP contribution in [0, 0.1) is 0 Å². The average molecular weight is 115 g/mol. The molecule has 0 spiro atoms. The van der Waals surface area contributed by atoms with Gasteiger partial charge >= 0.3 is 0 Å². The van der Waals surface area contributed by atoms with Crippen LogP contribution in [-0.4, -0.2) is 10.3 Å². The number of hydrogen-bond acceptors (Lipinski definition) is 5. The minimum Gasteiger partial charge on any atom is -0.378 e. The molecule has 5 N–H and O–H groups in total. The first-order valence-corrected chi connectivity index (χ1v) is 1.88. The van der Waals surface area contributed by atoms with E-state index in [-0.39, 0.29) is 11.3 Å². The number of H-pyrrole nitrogens is 1. The van der Waals surface area contributed by atoms with Crippen molar-refractivity contribution < 1.29 is 4.63 Å². The first kappa shape index (κ1) is 4.69. The van der Waals surface area contributed by atoms with Gasteiger partial charge in [-0.05, 0) is 5.16 Å². The predicted octanol–water partition coefficient (Wildman–Crippen LogP) is -1.64. The molecule has 0 amide bonds. The molecule has 6 nitrogen and oxygen atoms in total. The number of aromatic nitrogens is 2. The SMILES string of the molecule is NN=c1[nH]onc1N. The molecule has 1 aromatic heterocycles. The Hall–Kier alpha value is -1.46. The van der Waals surface area contributed by atoms with Crippen molar-refractivity contribution in [1.29, 1.82) is 0 Å². The zero-order chi connectivity index (χ0) is 5.98. The summed E-state index contributed by atoms with van der Waals surface area (Å²) in [4.78, 5) is 0. The van der Waals surface area contributed by atoms with E-state index in [1.165, 1.54) is 0 Å². The van der Waals surface area contributed by atoms with E-state index < -0.39 is 0 Å². The van der Waals surface area contributed by atoms with Gasteiger partial charge in [-0.2, -0.15) is 10.3 Å². The number of nitrogens with zero attached hydrogens (tertiary/aromatic N) is 2. The normalized spacial score (nSPS) is 12.2. The molecule has 0 saturated heterocycles. The molecule has 0 unspecified atom stereocenters. The van der Waals surface area contributed by atoms with Gasteiger partial charge in [0.15, 0.2) is 0 Å². The van der Waals surface area contributed by atoms with Gasteiger partial charge in [-0.3, -0.25) is 4.63 Å². The maximum Gasteiger partial charge on any atom is 0.227 e. The van der Waals surface area contributed by atoms with Gasteiger partial charge in [0.1, 0.15) is 0 Å². The molecule has 44 valence electrons. The van der Waals surface area contributed by atoms with Crippen molar-refractivity contribution in [2.75, 3.05) is 5.73 Å². The monoisotopic (exact) mass is 115 g/mol. The van der Waals surface area contributed by atoms with Gasteiger partial charge in [-0.1, -0.05) is 0 Å². The zero-order valence-corrected chi connectivity index (χ0v) is 3.96. The van der Waals surface area contributed by atoms with Crippen LogP contribution in [-0.2, 0) is 0 Å². The highest BCUT2D eigenvalue weighted by atomic mass is 16.6. The van der Waals surface area contributed by atoms with Gasteiger partial charge < -0.3 is 11.6 Å². The predicted molar refractivity (Wildman–Crippen MR) is 25.0 cm³/mol. The van der Waals surface area contributed by atoms with Crippen molar-refractivity contribution in [2.45, 2.75) is 0 Å². The van der Waals surface area contributed by atoms with E-state index in [0.717, 1.165) is 0 Å². The van der Waals surface area contributed by atoms with Crippen LogP contribution in [0.2, 0.25) is 0 Å². The molecule has 0 aliphatic rings. The van der Waals surface area contributed by atoms with Crippen LogP contribution in [0.15, 0.2) is 9.73 Å². The van der Waals surface area contributed by atoms with Crippen molar-refractivity contribution >= 4 is 5.82 Å². The van der Waals surface area contributed by atoms with Gasteiger partial charge in [0, 0.05) is 0 Å². The van der Waals surface area contributed by atoms with Crippen molar-refractivity contribution in [2.24, 2.45) is 10.9 Å². The van der Waals surface area contributed by atoms with Crippen molar-refractivity contribution in [3.05, 3.63) is 5.49 Å². The highest BCUT2D eigenvalue weighted by molar-refractivity contribution is 5.17. The number of aromatic amines is 1. The van der Waals surface area contributed by atoms with Crippen LogP contribution >= 0.6 is 0 Å². The lowest BCUT2D eigenvalue weighted by Gasteiger charge is -1.70. The van der Waals surface area contributed by atoms with Crippen LogP contribution in [0.1, 0.15) is 0 Å². The minimum atomic E-state index is 0.160. The lowest BCUT2D eigenvalue weighted by atomic mass is 10.7. The first-order valence-electron chi connectivity index (χ1n) is 1.88. The van der Waals surface area contributed by atoms with Crippen LogP contribution < -0.4 is 17.1 Å². The fraction of sp³-hybridized carbons (Fsp3) is 0. The average Bonchev–Trinajstić information content (AvgIpc) is 2.14. The lowest BCUT2D eigenvalue weighted by Crippen LogP contribution is -2.10. The standard InChI is InChI=1S/C2H5N5O/c3-1-2(5-4)7-8-6-1/h4H2,(H2,3,6)(H,5,7). The summed E-state index contributed by atoms with van der Waals surface area (Å²) in [7, 11) is 0. The Bertz CT molecular complexity index is 220. The Morgan fingerprint density at radius 2 is 2.50 bits per heavy atom. The molecule has 1 rings (SSSR count). The highest BCUT2D eigenvalue weighted by Crippen LogP contribution is 1.75. The Balaban J connectivity index is 3.31. The number of rotatable bonds is 0. The minimum absolute atomic E-state index is 0.160. The summed E-state index contributed by atoms with van der Waals surface area (Å²) in [5.74, 6) is 4.97. The molecule has 1 heterocycles. The van der Waals surface area contributed by atoms with Crippen LogP contribution in [0.4, 0.5) is 5.82 Å². The van der Waals surface area contributed by atoms with Gasteiger partial charge in [0.2, 0.25) is 11.3 Å². The van der Waals surface area contributed by atoms with Crippen molar-refractivity contribution in [3.8, 4) is 0 Å². The van der Waals surface area contributed by atoms with E-state index >= 15 is 0 Å². The molecule has 0 aromatic carbocycles. The summed E-state index contributed by atoms with van der Waals surface area (Å²) in [5, 5.41) is 8.71. The Kier molecular flexibility index (Phi) is 0.918. The molecule has 6 heteroatoms. The summed E-state index contributed by atoms with van der Waals surface area (Å²) in [5.41, 5.74) is 5.40. The lowest BCUT2D eigenvalue weighted by molar-refractivity contribution is 0.304. The van der Waals surface area contributed by atoms with Crippen LogP contribution in [0.3, 0.4) is 0 Å². The molecule has 0 atom stereocenters. The number of nitrogens with one attached hydrogen (secondary N) is 1. The van der Waals surface area contributed by atoms with E-state index in [1.54, 1.807) is 0 Å². The molecule has 0 bridgehead atoms. The smallest absolute Gasteiger partial charge is 0.227 e. The molecule has 1 aromatic rings. The maximum absolute atomic E-state index is 5.14. The highest BCUT2D eigenvalue weighted by Gasteiger charge is 1.90. The zero-order valence-electron chi connectivity index (χ0n) is 3.96. The summed E-state index contributed by atoms with van der Waals surface area (Å²) in [6.45, 7) is 0. The van der Waals surface area contributed by atoms with Gasteiger partial charge in [0.05, 0.1) is 0 Å². The topological polar surface area (TPSA) is 106 Å². The Morgan fingerprint density at radius 1 is 1.75 bits per heavy atom. The molecule has 0 aliphatic heterocycles. The number of nitrogen functional groups attached to an aromatic ring is 1. The summed E-state index contributed by atoms with van der Waals surface area (Å²) in [6.07, 6.45) is 0. The summed E-state index contributed by atoms with van der Waals surface area (Å²) in [6, 6.07) is 0. The third kappa shape index (κ3) is 0.512. The number of hydrogen-bond donors (Lipinski definition) is 3. The fourth-order valence-corrected chi connectivity index (χ4v) is 0.303. The van der Waals surface area contributed by atoms with Gasteiger partial charge in [-0.15, -0.1) is 0 Å². The number of anilines is 1. The first-order chi connectivity index (χ1) is 3.84. The van der Waals surface area contributed by atoms with E-state index in [4.69, 9.17) is 11.6 Å². The van der Waals surface area contributed by atoms with E-state index in [1.807, 2.05) is 0 Å². The molecule has 0 saturated carbocycles. The third-order valence-electron chi connectivity index (χ3n) is 0.658. The van der Waals surface area contributed by atoms with Gasteiger partial charge in [0.25, 0.3) is 0 Å². The molecule has 0 aliphatic carbocycles. The third-order valence-corrected chi connectivity index (χ3v) is 0.658. The maximum atomic E-state index is 5.14. The van der Waals surface area contributed by atoms with Gasteiger partial charge in [-0.25, -0.2) is 0 Å². The van der Waals surface area contributed by atoms with E-state index in [2.05, 4.69) is 20.0 Å². The second-order valence-electron chi connectivity index (χ2n) is 1.15. The Labute approximate surface area is 44.1 Å². The molecule has 0 radical (unpaired) electrons. The van der Waals surface area contributed by atoms with E-state index in [0.29, 0.717) is 0 Å². The van der Waals surface area contributed by atoms with Crippen LogP contribution in [0.25, 0.3) is 0 Å². The van der Waals surface area contributed by atoms with Crippen LogP contribution in [0.5, 0.6) is 0 Å². The van der Waals surface area contributed by atoms with E-state index in [9.17, 15) is 0 Å². The second-order valence-corrected chi connectivity index (χ2v) is 1.15. The number of nitrogens with two attached hydrogens (primary N) is 2. The summed E-state index contributed by atoms with van der Waals surface area (Å²) >= 11 is 0. The van der Waals surface area contributed by atoms with Crippen molar-refractivity contribution in [3.63, 3.8) is 0 Å². The van der Waals surface area contributed by atoms with Crippen molar-refractivity contribution in [1.82, 2.24) is 10.3 Å². The molecule has 0 fully saturated rings. The fourth-order valence-electron chi connectivity index (χ4n) is 0.303. The quantitative estimate of drug-likeness (QED) is 0.278.